The molecule has 5 nitrogen and oxygen atoms in total. The van der Waals surface area contributed by atoms with Crippen LogP contribution in [0, 0.1) is 5.82 Å². The Balaban J connectivity index is 1.39. The van der Waals surface area contributed by atoms with Gasteiger partial charge >= 0.3 is 0 Å². The molecule has 0 saturated carbocycles. The Hall–Kier alpha value is -2.13. The number of anilines is 2. The van der Waals surface area contributed by atoms with Gasteiger partial charge in [-0.05, 0) is 50.2 Å². The zero-order valence-corrected chi connectivity index (χ0v) is 18.9. The number of halogens is 1. The normalized spacial score (nSPS) is 24.1. The van der Waals surface area contributed by atoms with Crippen molar-refractivity contribution >= 4 is 54.5 Å². The van der Waals surface area contributed by atoms with E-state index in [0.29, 0.717) is 11.6 Å². The zero-order valence-electron chi connectivity index (χ0n) is 17.2. The highest BCUT2D eigenvalue weighted by Gasteiger charge is 2.51. The van der Waals surface area contributed by atoms with E-state index < -0.39 is 0 Å². The van der Waals surface area contributed by atoms with Gasteiger partial charge in [-0.2, -0.15) is 0 Å². The molecule has 2 saturated heterocycles. The molecule has 31 heavy (non-hydrogen) atoms. The van der Waals surface area contributed by atoms with Crippen LogP contribution in [0.2, 0.25) is 0 Å². The van der Waals surface area contributed by atoms with Gasteiger partial charge in [-0.1, -0.05) is 6.92 Å². The van der Waals surface area contributed by atoms with E-state index >= 15 is 0 Å². The van der Waals surface area contributed by atoms with Crippen LogP contribution in [0.3, 0.4) is 0 Å². The number of rotatable bonds is 4. The smallest absolute Gasteiger partial charge is 0.148 e. The zero-order chi connectivity index (χ0) is 21.0. The van der Waals surface area contributed by atoms with Gasteiger partial charge in [0.1, 0.15) is 10.6 Å². The lowest BCUT2D eigenvalue weighted by Gasteiger charge is -2.37. The van der Waals surface area contributed by atoms with Gasteiger partial charge in [0, 0.05) is 29.0 Å². The van der Waals surface area contributed by atoms with E-state index in [2.05, 4.69) is 33.2 Å². The Morgan fingerprint density at radius 1 is 1.29 bits per heavy atom. The Bertz CT molecular complexity index is 1260. The second-order valence-electron chi connectivity index (χ2n) is 8.33. The van der Waals surface area contributed by atoms with Crippen LogP contribution in [-0.4, -0.2) is 46.7 Å². The highest BCUT2D eigenvalue weighted by molar-refractivity contribution is 7.18. The maximum atomic E-state index is 14.7. The van der Waals surface area contributed by atoms with Crippen molar-refractivity contribution in [3.63, 3.8) is 0 Å². The number of likely N-dealkylation sites (N-methyl/N-ethyl adjacent to an activating group) is 1. The standard InChI is InChI=1S/C23H23FN4OS2/c1-2-28-7-4-15(23(28)5-8-29-12-23)20-9-14-17(3-6-25-22(14)31-20)27-18-11-19-21(10-16(18)24)30-13-26-19/h3,6,9-11,13,15H,2,4-5,7-8,12H2,1H3,(H,25,27)/t15-,23+/m1/s1. The highest BCUT2D eigenvalue weighted by Crippen LogP contribution is 2.50. The number of hydrogen-bond acceptors (Lipinski definition) is 7. The number of thiazole rings is 1. The molecule has 0 radical (unpaired) electrons. The van der Waals surface area contributed by atoms with E-state index in [9.17, 15) is 4.39 Å². The lowest BCUT2D eigenvalue weighted by molar-refractivity contribution is 0.0963. The number of aromatic nitrogens is 2. The fourth-order valence-corrected chi connectivity index (χ4v) is 7.29. The number of fused-ring (bicyclic) bond motifs is 2. The summed E-state index contributed by atoms with van der Waals surface area (Å²) in [5, 5.41) is 4.35. The van der Waals surface area contributed by atoms with Crippen molar-refractivity contribution in [2.24, 2.45) is 0 Å². The summed E-state index contributed by atoms with van der Waals surface area (Å²) in [6.45, 7) is 6.04. The molecule has 2 atom stereocenters. The summed E-state index contributed by atoms with van der Waals surface area (Å²) in [6, 6.07) is 7.51. The Morgan fingerprint density at radius 3 is 3.06 bits per heavy atom. The molecule has 0 unspecified atom stereocenters. The van der Waals surface area contributed by atoms with Crippen LogP contribution in [0.25, 0.3) is 20.4 Å². The van der Waals surface area contributed by atoms with Crippen molar-refractivity contribution in [3.8, 4) is 0 Å². The van der Waals surface area contributed by atoms with Crippen molar-refractivity contribution in [1.82, 2.24) is 14.9 Å². The first-order valence-electron chi connectivity index (χ1n) is 10.7. The lowest BCUT2D eigenvalue weighted by Crippen LogP contribution is -2.47. The third-order valence-corrected chi connectivity index (χ3v) is 8.82. The number of likely N-dealkylation sites (tertiary alicyclic amines) is 1. The van der Waals surface area contributed by atoms with E-state index in [-0.39, 0.29) is 11.4 Å². The van der Waals surface area contributed by atoms with E-state index in [0.717, 1.165) is 65.3 Å². The summed E-state index contributed by atoms with van der Waals surface area (Å²) in [5.41, 5.74) is 3.97. The molecule has 0 amide bonds. The lowest BCUT2D eigenvalue weighted by atomic mass is 9.82. The number of benzene rings is 1. The molecule has 3 aromatic heterocycles. The second kappa shape index (κ2) is 7.48. The molecule has 1 spiro atoms. The average Bonchev–Trinajstić information content (AvgIpc) is 3.55. The number of hydrogen-bond donors (Lipinski definition) is 1. The fraction of sp³-hybridized carbons (Fsp3) is 0.391. The predicted octanol–water partition coefficient (Wildman–Crippen LogP) is 5.76. The molecule has 0 bridgehead atoms. The molecule has 2 fully saturated rings. The predicted molar refractivity (Wildman–Crippen MR) is 125 cm³/mol. The van der Waals surface area contributed by atoms with Crippen LogP contribution in [0.1, 0.15) is 30.6 Å². The molecule has 1 N–H and O–H groups in total. The van der Waals surface area contributed by atoms with Crippen LogP contribution in [0.15, 0.2) is 36.0 Å². The van der Waals surface area contributed by atoms with Crippen molar-refractivity contribution in [1.29, 1.82) is 0 Å². The number of ether oxygens (including phenoxy) is 1. The van der Waals surface area contributed by atoms with Crippen LogP contribution >= 0.6 is 22.7 Å². The third kappa shape index (κ3) is 3.08. The molecule has 2 aliphatic heterocycles. The highest BCUT2D eigenvalue weighted by atomic mass is 32.1. The van der Waals surface area contributed by atoms with Crippen molar-refractivity contribution < 1.29 is 9.13 Å². The SMILES string of the molecule is CCN1CC[C@H](c2cc3c(Nc4cc5ncsc5cc4F)ccnc3s2)[C@@]12CCOC2. The summed E-state index contributed by atoms with van der Waals surface area (Å²) in [6.07, 6.45) is 4.02. The minimum absolute atomic E-state index is 0.102. The van der Waals surface area contributed by atoms with Gasteiger partial charge in [0.05, 0.1) is 39.2 Å². The van der Waals surface area contributed by atoms with Crippen LogP contribution in [0.4, 0.5) is 15.8 Å². The fourth-order valence-electron chi connectivity index (χ4n) is 5.33. The van der Waals surface area contributed by atoms with E-state index in [1.165, 1.54) is 16.2 Å². The van der Waals surface area contributed by atoms with Crippen LogP contribution in [0.5, 0.6) is 0 Å². The third-order valence-electron chi connectivity index (χ3n) is 6.87. The average molecular weight is 455 g/mol. The Morgan fingerprint density at radius 2 is 2.23 bits per heavy atom. The summed E-state index contributed by atoms with van der Waals surface area (Å²) in [5.74, 6) is 0.179. The molecule has 160 valence electrons. The van der Waals surface area contributed by atoms with Gasteiger partial charge in [-0.25, -0.2) is 14.4 Å². The molecule has 1 aromatic carbocycles. The quantitative estimate of drug-likeness (QED) is 0.425. The summed E-state index contributed by atoms with van der Waals surface area (Å²) < 4.78 is 21.4. The number of nitrogens with one attached hydrogen (secondary N) is 1. The van der Waals surface area contributed by atoms with Gasteiger partial charge in [-0.15, -0.1) is 22.7 Å². The first-order valence-corrected chi connectivity index (χ1v) is 12.4. The van der Waals surface area contributed by atoms with Gasteiger partial charge in [0.15, 0.2) is 0 Å². The molecular weight excluding hydrogens is 431 g/mol. The largest absolute Gasteiger partial charge is 0.379 e. The van der Waals surface area contributed by atoms with Crippen molar-refractivity contribution in [2.75, 3.05) is 31.6 Å². The van der Waals surface area contributed by atoms with Crippen molar-refractivity contribution in [3.05, 3.63) is 46.7 Å². The monoisotopic (exact) mass is 454 g/mol. The van der Waals surface area contributed by atoms with Gasteiger partial charge in [0.25, 0.3) is 0 Å². The van der Waals surface area contributed by atoms with Gasteiger partial charge in [0.2, 0.25) is 0 Å². The first-order chi connectivity index (χ1) is 15.2. The van der Waals surface area contributed by atoms with E-state index in [4.69, 9.17) is 4.74 Å². The Labute approximate surface area is 187 Å². The minimum atomic E-state index is -0.270. The summed E-state index contributed by atoms with van der Waals surface area (Å²) in [7, 11) is 0. The Kier molecular flexibility index (Phi) is 4.72. The topological polar surface area (TPSA) is 50.3 Å². The molecule has 5 heterocycles. The van der Waals surface area contributed by atoms with Crippen LogP contribution in [-0.2, 0) is 4.74 Å². The molecular formula is C23H23FN4OS2. The van der Waals surface area contributed by atoms with Crippen molar-refractivity contribution in [2.45, 2.75) is 31.2 Å². The summed E-state index contributed by atoms with van der Waals surface area (Å²) in [4.78, 5) is 13.9. The first kappa shape index (κ1) is 19.5. The van der Waals surface area contributed by atoms with E-state index in [1.54, 1.807) is 35.2 Å². The molecule has 6 rings (SSSR count). The van der Waals surface area contributed by atoms with E-state index in [1.807, 2.05) is 6.07 Å². The second-order valence-corrected chi connectivity index (χ2v) is 10.3. The number of nitrogens with zero attached hydrogens (tertiary/aromatic N) is 3. The molecule has 2 aliphatic rings. The maximum Gasteiger partial charge on any atom is 0.148 e. The summed E-state index contributed by atoms with van der Waals surface area (Å²) >= 11 is 3.21. The van der Waals surface area contributed by atoms with Crippen LogP contribution < -0.4 is 5.32 Å². The number of pyridine rings is 1. The maximum absolute atomic E-state index is 14.7. The number of thiophene rings is 1. The molecule has 8 heteroatoms. The van der Waals surface area contributed by atoms with Gasteiger partial charge < -0.3 is 10.1 Å². The minimum Gasteiger partial charge on any atom is -0.379 e. The molecule has 4 aromatic rings. The molecule has 0 aliphatic carbocycles. The van der Waals surface area contributed by atoms with Gasteiger partial charge in [-0.3, -0.25) is 4.90 Å².